The number of halogens is 2. The highest BCUT2D eigenvalue weighted by Gasteiger charge is 2.15. The van der Waals surface area contributed by atoms with E-state index in [9.17, 15) is 4.39 Å². The molecular weight excluding hydrogens is 285 g/mol. The van der Waals surface area contributed by atoms with Crippen LogP contribution in [0.3, 0.4) is 0 Å². The third-order valence-electron chi connectivity index (χ3n) is 3.51. The van der Waals surface area contributed by atoms with Crippen LogP contribution in [0.25, 0.3) is 0 Å². The van der Waals surface area contributed by atoms with Gasteiger partial charge >= 0.3 is 0 Å². The van der Waals surface area contributed by atoms with Gasteiger partial charge in [-0.3, -0.25) is 0 Å². The third-order valence-corrected chi connectivity index (χ3v) is 3.84. The van der Waals surface area contributed by atoms with E-state index in [1.54, 1.807) is 6.07 Å². The molecule has 2 aromatic carbocycles. The van der Waals surface area contributed by atoms with Gasteiger partial charge in [0.25, 0.3) is 0 Å². The molecule has 21 heavy (non-hydrogen) atoms. The predicted molar refractivity (Wildman–Crippen MR) is 87.4 cm³/mol. The Morgan fingerprint density at radius 2 is 1.76 bits per heavy atom. The largest absolute Gasteiger partial charge is 0.310 e. The zero-order chi connectivity index (χ0) is 15.4. The topological polar surface area (TPSA) is 12.0 Å². The van der Waals surface area contributed by atoms with E-state index < -0.39 is 0 Å². The standard InChI is InChI=1S/C18H21ClFN/c1-4-21-18(16-6-5-15(20)11-17(16)19)10-14-8-12(2)7-13(3)9-14/h5-9,11,18,21H,4,10H2,1-3H3. The smallest absolute Gasteiger partial charge is 0.124 e. The first-order chi connectivity index (χ1) is 9.99. The average Bonchev–Trinajstić information content (AvgIpc) is 2.37. The summed E-state index contributed by atoms with van der Waals surface area (Å²) in [6.45, 7) is 7.10. The number of hydrogen-bond acceptors (Lipinski definition) is 1. The van der Waals surface area contributed by atoms with Gasteiger partial charge in [0, 0.05) is 11.1 Å². The summed E-state index contributed by atoms with van der Waals surface area (Å²) in [6.07, 6.45) is 0.835. The van der Waals surface area contributed by atoms with E-state index in [0.717, 1.165) is 18.5 Å². The minimum atomic E-state index is -0.301. The maximum Gasteiger partial charge on any atom is 0.124 e. The van der Waals surface area contributed by atoms with Crippen LogP contribution in [0.1, 0.15) is 35.2 Å². The van der Waals surface area contributed by atoms with E-state index >= 15 is 0 Å². The second-order valence-electron chi connectivity index (χ2n) is 5.48. The fourth-order valence-corrected chi connectivity index (χ4v) is 3.04. The van der Waals surface area contributed by atoms with Crippen molar-refractivity contribution in [3.05, 3.63) is 69.5 Å². The van der Waals surface area contributed by atoms with E-state index in [0.29, 0.717) is 5.02 Å². The molecule has 1 N–H and O–H groups in total. The molecule has 0 aliphatic heterocycles. The van der Waals surface area contributed by atoms with E-state index in [-0.39, 0.29) is 11.9 Å². The molecule has 0 radical (unpaired) electrons. The number of aryl methyl sites for hydroxylation is 2. The normalized spacial score (nSPS) is 12.4. The quantitative estimate of drug-likeness (QED) is 0.820. The predicted octanol–water partition coefficient (Wildman–Crippen LogP) is 4.99. The van der Waals surface area contributed by atoms with Gasteiger partial charge in [0.15, 0.2) is 0 Å². The van der Waals surface area contributed by atoms with Crippen LogP contribution in [0.2, 0.25) is 5.02 Å². The molecular formula is C18H21ClFN. The van der Waals surface area contributed by atoms with Crippen LogP contribution in [0.4, 0.5) is 4.39 Å². The van der Waals surface area contributed by atoms with Gasteiger partial charge in [0.2, 0.25) is 0 Å². The molecule has 0 aliphatic rings. The zero-order valence-corrected chi connectivity index (χ0v) is 13.5. The van der Waals surface area contributed by atoms with Crippen molar-refractivity contribution in [1.29, 1.82) is 0 Å². The summed E-state index contributed by atoms with van der Waals surface area (Å²) in [5.41, 5.74) is 4.72. The Balaban J connectivity index is 2.30. The van der Waals surface area contributed by atoms with Crippen molar-refractivity contribution >= 4 is 11.6 Å². The van der Waals surface area contributed by atoms with Crippen LogP contribution in [0.15, 0.2) is 36.4 Å². The first kappa shape index (κ1) is 16.0. The van der Waals surface area contributed by atoms with Crippen molar-refractivity contribution in [2.75, 3.05) is 6.54 Å². The zero-order valence-electron chi connectivity index (χ0n) is 12.7. The summed E-state index contributed by atoms with van der Waals surface area (Å²) in [5.74, 6) is -0.301. The van der Waals surface area contributed by atoms with Crippen molar-refractivity contribution in [2.24, 2.45) is 0 Å². The molecule has 0 fully saturated rings. The molecule has 2 rings (SSSR count). The van der Waals surface area contributed by atoms with Crippen LogP contribution in [-0.4, -0.2) is 6.54 Å². The maximum absolute atomic E-state index is 13.2. The summed E-state index contributed by atoms with van der Waals surface area (Å²) in [5, 5.41) is 3.92. The number of rotatable bonds is 5. The molecule has 0 saturated carbocycles. The Morgan fingerprint density at radius 3 is 2.33 bits per heavy atom. The Hall–Kier alpha value is -1.38. The van der Waals surface area contributed by atoms with Gasteiger partial charge < -0.3 is 5.32 Å². The van der Waals surface area contributed by atoms with Gasteiger partial charge in [-0.25, -0.2) is 4.39 Å². The average molecular weight is 306 g/mol. The number of benzene rings is 2. The van der Waals surface area contributed by atoms with Crippen LogP contribution in [0, 0.1) is 19.7 Å². The second kappa shape index (κ2) is 7.06. The number of likely N-dealkylation sites (N-methyl/N-ethyl adjacent to an activating group) is 1. The lowest BCUT2D eigenvalue weighted by molar-refractivity contribution is 0.547. The molecule has 0 amide bonds. The molecule has 1 nitrogen and oxygen atoms in total. The van der Waals surface area contributed by atoms with Crippen molar-refractivity contribution in [2.45, 2.75) is 33.2 Å². The highest BCUT2D eigenvalue weighted by molar-refractivity contribution is 6.31. The molecule has 0 aliphatic carbocycles. The third kappa shape index (κ3) is 4.29. The Bertz CT molecular complexity index is 604. The van der Waals surface area contributed by atoms with Crippen molar-refractivity contribution in [3.63, 3.8) is 0 Å². The maximum atomic E-state index is 13.2. The van der Waals surface area contributed by atoms with E-state index in [4.69, 9.17) is 11.6 Å². The lowest BCUT2D eigenvalue weighted by atomic mass is 9.96. The first-order valence-electron chi connectivity index (χ1n) is 7.25. The van der Waals surface area contributed by atoms with E-state index in [1.165, 1.54) is 28.8 Å². The minimum Gasteiger partial charge on any atom is -0.310 e. The SMILES string of the molecule is CCNC(Cc1cc(C)cc(C)c1)c1ccc(F)cc1Cl. The molecule has 1 unspecified atom stereocenters. The van der Waals surface area contributed by atoms with Gasteiger partial charge in [-0.05, 0) is 50.1 Å². The van der Waals surface area contributed by atoms with Crippen LogP contribution >= 0.6 is 11.6 Å². The monoisotopic (exact) mass is 305 g/mol. The van der Waals surface area contributed by atoms with Crippen molar-refractivity contribution < 1.29 is 4.39 Å². The molecule has 0 aromatic heterocycles. The molecule has 0 bridgehead atoms. The van der Waals surface area contributed by atoms with E-state index in [2.05, 4.69) is 44.3 Å². The molecule has 112 valence electrons. The lowest BCUT2D eigenvalue weighted by Gasteiger charge is -2.20. The number of nitrogens with one attached hydrogen (secondary N) is 1. The Labute approximate surface area is 131 Å². The van der Waals surface area contributed by atoms with Gasteiger partial charge in [-0.15, -0.1) is 0 Å². The second-order valence-corrected chi connectivity index (χ2v) is 5.88. The summed E-state index contributed by atoms with van der Waals surface area (Å²) in [7, 11) is 0. The first-order valence-corrected chi connectivity index (χ1v) is 7.63. The van der Waals surface area contributed by atoms with Gasteiger partial charge in [0.1, 0.15) is 5.82 Å². The fourth-order valence-electron chi connectivity index (χ4n) is 2.75. The van der Waals surface area contributed by atoms with Crippen LogP contribution in [-0.2, 0) is 6.42 Å². The number of hydrogen-bond donors (Lipinski definition) is 1. The van der Waals surface area contributed by atoms with Crippen molar-refractivity contribution in [1.82, 2.24) is 5.32 Å². The molecule has 0 heterocycles. The highest BCUT2D eigenvalue weighted by atomic mass is 35.5. The van der Waals surface area contributed by atoms with E-state index in [1.807, 2.05) is 0 Å². The summed E-state index contributed by atoms with van der Waals surface area (Å²) >= 11 is 6.21. The summed E-state index contributed by atoms with van der Waals surface area (Å²) in [6, 6.07) is 11.2. The Morgan fingerprint density at radius 1 is 1.10 bits per heavy atom. The fraction of sp³-hybridized carbons (Fsp3) is 0.333. The summed E-state index contributed by atoms with van der Waals surface area (Å²) in [4.78, 5) is 0. The van der Waals surface area contributed by atoms with Gasteiger partial charge in [-0.1, -0.05) is 53.9 Å². The Kier molecular flexibility index (Phi) is 5.38. The molecule has 2 aromatic rings. The molecule has 1 atom stereocenters. The van der Waals surface area contributed by atoms with Crippen LogP contribution < -0.4 is 5.32 Å². The van der Waals surface area contributed by atoms with Gasteiger partial charge in [-0.2, -0.15) is 0 Å². The van der Waals surface area contributed by atoms with Gasteiger partial charge in [0.05, 0.1) is 0 Å². The minimum absolute atomic E-state index is 0.0873. The summed E-state index contributed by atoms with van der Waals surface area (Å²) < 4.78 is 13.2. The van der Waals surface area contributed by atoms with Crippen molar-refractivity contribution in [3.8, 4) is 0 Å². The molecule has 3 heteroatoms. The highest BCUT2D eigenvalue weighted by Crippen LogP contribution is 2.27. The molecule has 0 spiro atoms. The molecule has 0 saturated heterocycles. The lowest BCUT2D eigenvalue weighted by Crippen LogP contribution is -2.23. The van der Waals surface area contributed by atoms with Crippen LogP contribution in [0.5, 0.6) is 0 Å².